The third kappa shape index (κ3) is 13.6. The topological polar surface area (TPSA) is 165 Å². The average Bonchev–Trinajstić information content (AvgIpc) is 3.38. The smallest absolute Gasteiger partial charge is 0.407 e. The van der Waals surface area contributed by atoms with E-state index in [0.29, 0.717) is 72.4 Å². The first kappa shape index (κ1) is 36.6. The second-order valence-corrected chi connectivity index (χ2v) is 10.1. The van der Waals surface area contributed by atoms with Crippen LogP contribution in [0.4, 0.5) is 4.79 Å². The summed E-state index contributed by atoms with van der Waals surface area (Å²) in [4.78, 5) is 44.9. The molecule has 0 aliphatic heterocycles. The molecule has 1 amide bonds. The normalized spacial score (nSPS) is 11.9. The Labute approximate surface area is 268 Å². The molecule has 13 nitrogen and oxygen atoms in total. The third-order valence-corrected chi connectivity index (χ3v) is 6.85. The number of nitrogens with one attached hydrogen (secondary N) is 1. The van der Waals surface area contributed by atoms with Crippen molar-refractivity contribution in [2.45, 2.75) is 25.2 Å². The highest BCUT2D eigenvalue weighted by Crippen LogP contribution is 2.44. The Morgan fingerprint density at radius 2 is 1.09 bits per heavy atom. The molecule has 0 aromatic heterocycles. The number of carboxylic acids is 1. The van der Waals surface area contributed by atoms with Crippen LogP contribution >= 0.6 is 0 Å². The van der Waals surface area contributed by atoms with Crippen LogP contribution in [0.5, 0.6) is 0 Å². The average molecular weight is 646 g/mol. The summed E-state index contributed by atoms with van der Waals surface area (Å²) < 4.78 is 37.4. The second-order valence-electron chi connectivity index (χ2n) is 10.1. The number of fused-ring (bicyclic) bond motifs is 3. The Morgan fingerprint density at radius 1 is 0.609 bits per heavy atom. The number of Topliss-reactive ketones (excluding diaryl/α,β-unsaturated/α-hetero) is 1. The molecular formula is C33H43NO12. The van der Waals surface area contributed by atoms with Gasteiger partial charge in [0.2, 0.25) is 5.78 Å². The number of aliphatic carboxylic acids is 1. The molecule has 2 aromatic rings. The predicted octanol–water partition coefficient (Wildman–Crippen LogP) is 2.98. The van der Waals surface area contributed by atoms with Crippen LogP contribution in [0, 0.1) is 0 Å². The first-order valence-electron chi connectivity index (χ1n) is 15.4. The molecule has 3 rings (SSSR count). The summed E-state index contributed by atoms with van der Waals surface area (Å²) in [5.41, 5.74) is 4.75. The van der Waals surface area contributed by atoms with Crippen LogP contribution in [-0.4, -0.2) is 115 Å². The molecule has 0 unspecified atom stereocenters. The van der Waals surface area contributed by atoms with Crippen LogP contribution in [-0.2, 0) is 47.5 Å². The zero-order chi connectivity index (χ0) is 32.8. The van der Waals surface area contributed by atoms with Crippen LogP contribution in [0.3, 0.4) is 0 Å². The van der Waals surface area contributed by atoms with Crippen molar-refractivity contribution in [3.63, 3.8) is 0 Å². The standard InChI is InChI=1S/C33H43NO12/c35-30(32(37)38)10-11-31(36)45-23-22-44-21-20-43-19-18-42-17-16-41-15-14-40-13-5-12-34-33(39)46-24-29-27-8-3-1-6-25(27)26-7-2-4-9-28(26)29/h1-4,6-9,29H,5,10-24H2,(H,34,39)(H,37,38). The summed E-state index contributed by atoms with van der Waals surface area (Å²) in [5, 5.41) is 11.2. The van der Waals surface area contributed by atoms with Gasteiger partial charge >= 0.3 is 18.0 Å². The maximum Gasteiger partial charge on any atom is 0.407 e. The summed E-state index contributed by atoms with van der Waals surface area (Å²) in [7, 11) is 0. The number of rotatable bonds is 25. The van der Waals surface area contributed by atoms with Gasteiger partial charge in [0.1, 0.15) is 13.2 Å². The Kier molecular flexibility index (Phi) is 17.3. The summed E-state index contributed by atoms with van der Waals surface area (Å²) >= 11 is 0. The van der Waals surface area contributed by atoms with Crippen molar-refractivity contribution in [2.24, 2.45) is 0 Å². The highest BCUT2D eigenvalue weighted by Gasteiger charge is 2.28. The minimum absolute atomic E-state index is 0.00904. The maximum atomic E-state index is 12.2. The Bertz CT molecular complexity index is 1190. The van der Waals surface area contributed by atoms with Crippen molar-refractivity contribution >= 4 is 23.8 Å². The van der Waals surface area contributed by atoms with Gasteiger partial charge in [-0.05, 0) is 28.7 Å². The fraction of sp³-hybridized carbons (Fsp3) is 0.515. The zero-order valence-corrected chi connectivity index (χ0v) is 25.9. The van der Waals surface area contributed by atoms with Crippen molar-refractivity contribution < 1.29 is 57.4 Å². The molecule has 0 heterocycles. The summed E-state index contributed by atoms with van der Waals surface area (Å²) in [6, 6.07) is 16.4. The molecular weight excluding hydrogens is 602 g/mol. The van der Waals surface area contributed by atoms with Crippen molar-refractivity contribution in [3.8, 4) is 11.1 Å². The maximum absolute atomic E-state index is 12.2. The van der Waals surface area contributed by atoms with Crippen LogP contribution < -0.4 is 5.32 Å². The highest BCUT2D eigenvalue weighted by molar-refractivity contribution is 6.32. The van der Waals surface area contributed by atoms with Gasteiger partial charge in [-0.1, -0.05) is 48.5 Å². The molecule has 46 heavy (non-hydrogen) atoms. The van der Waals surface area contributed by atoms with Gasteiger partial charge in [0.25, 0.3) is 0 Å². The SMILES string of the molecule is O=C(CCC(=O)C(=O)O)OCCOCCOCCOCCOCCOCCCNC(=O)OCC1c2ccccc2-c2ccccc21. The van der Waals surface area contributed by atoms with E-state index in [4.69, 9.17) is 38.3 Å². The fourth-order valence-corrected chi connectivity index (χ4v) is 4.60. The first-order valence-corrected chi connectivity index (χ1v) is 15.4. The molecule has 0 radical (unpaired) electrons. The minimum Gasteiger partial charge on any atom is -0.476 e. The number of carboxylic acid groups (broad SMARTS) is 1. The van der Waals surface area contributed by atoms with E-state index >= 15 is 0 Å². The lowest BCUT2D eigenvalue weighted by Crippen LogP contribution is -2.27. The Hall–Kier alpha value is -3.88. The Morgan fingerprint density at radius 3 is 1.61 bits per heavy atom. The van der Waals surface area contributed by atoms with Crippen molar-refractivity contribution in [1.29, 1.82) is 0 Å². The molecule has 0 fully saturated rings. The van der Waals surface area contributed by atoms with Crippen molar-refractivity contribution in [2.75, 3.05) is 85.8 Å². The molecule has 0 spiro atoms. The lowest BCUT2D eigenvalue weighted by atomic mass is 9.98. The molecule has 0 bridgehead atoms. The Balaban J connectivity index is 1.03. The minimum atomic E-state index is -1.57. The molecule has 252 valence electrons. The van der Waals surface area contributed by atoms with E-state index in [1.165, 1.54) is 22.3 Å². The molecule has 0 atom stereocenters. The van der Waals surface area contributed by atoms with E-state index in [-0.39, 0.29) is 38.6 Å². The van der Waals surface area contributed by atoms with E-state index in [2.05, 4.69) is 29.6 Å². The molecule has 13 heteroatoms. The number of ketones is 1. The monoisotopic (exact) mass is 645 g/mol. The van der Waals surface area contributed by atoms with Gasteiger partial charge in [0, 0.05) is 25.5 Å². The van der Waals surface area contributed by atoms with Gasteiger partial charge in [-0.25, -0.2) is 9.59 Å². The van der Waals surface area contributed by atoms with E-state index in [1.807, 2.05) is 24.3 Å². The number of carbonyl (C=O) groups excluding carboxylic acids is 3. The molecule has 1 aliphatic rings. The highest BCUT2D eigenvalue weighted by atomic mass is 16.6. The van der Waals surface area contributed by atoms with Gasteiger partial charge in [0.05, 0.1) is 65.9 Å². The number of alkyl carbamates (subject to hydrolysis) is 1. The van der Waals surface area contributed by atoms with Gasteiger partial charge in [-0.15, -0.1) is 0 Å². The quantitative estimate of drug-likeness (QED) is 0.0923. The molecule has 2 aromatic carbocycles. The number of esters is 1. The lowest BCUT2D eigenvalue weighted by Gasteiger charge is -2.14. The second kappa shape index (κ2) is 21.8. The molecule has 0 saturated carbocycles. The van der Waals surface area contributed by atoms with Gasteiger partial charge in [-0.2, -0.15) is 0 Å². The molecule has 0 saturated heterocycles. The van der Waals surface area contributed by atoms with Gasteiger partial charge < -0.3 is 43.6 Å². The van der Waals surface area contributed by atoms with E-state index in [9.17, 15) is 19.2 Å². The number of ether oxygens (including phenoxy) is 7. The number of hydrogen-bond acceptors (Lipinski definition) is 11. The van der Waals surface area contributed by atoms with Crippen LogP contribution in [0.1, 0.15) is 36.3 Å². The fourth-order valence-electron chi connectivity index (χ4n) is 4.60. The lowest BCUT2D eigenvalue weighted by molar-refractivity contribution is -0.151. The number of hydrogen-bond donors (Lipinski definition) is 2. The van der Waals surface area contributed by atoms with Gasteiger partial charge in [-0.3, -0.25) is 9.59 Å². The van der Waals surface area contributed by atoms with Crippen LogP contribution in [0.15, 0.2) is 48.5 Å². The van der Waals surface area contributed by atoms with Crippen LogP contribution in [0.25, 0.3) is 11.1 Å². The molecule has 2 N–H and O–H groups in total. The van der Waals surface area contributed by atoms with E-state index in [1.54, 1.807) is 0 Å². The summed E-state index contributed by atoms with van der Waals surface area (Å²) in [5.74, 6) is -3.21. The first-order chi connectivity index (χ1) is 22.5. The van der Waals surface area contributed by atoms with E-state index in [0.717, 1.165) is 0 Å². The van der Waals surface area contributed by atoms with Crippen molar-refractivity contribution in [3.05, 3.63) is 59.7 Å². The predicted molar refractivity (Wildman–Crippen MR) is 165 cm³/mol. The third-order valence-electron chi connectivity index (χ3n) is 6.85. The largest absolute Gasteiger partial charge is 0.476 e. The zero-order valence-electron chi connectivity index (χ0n) is 25.9. The summed E-state index contributed by atoms with van der Waals surface area (Å²) in [6.07, 6.45) is -0.445. The van der Waals surface area contributed by atoms with Crippen molar-refractivity contribution in [1.82, 2.24) is 5.32 Å². The van der Waals surface area contributed by atoms with Gasteiger partial charge in [0.15, 0.2) is 0 Å². The number of benzene rings is 2. The van der Waals surface area contributed by atoms with E-state index < -0.39 is 23.8 Å². The number of carbonyl (C=O) groups is 4. The summed E-state index contributed by atoms with van der Waals surface area (Å²) in [6.45, 7) is 4.59. The molecule has 1 aliphatic carbocycles. The number of amides is 1. The van der Waals surface area contributed by atoms with Crippen LogP contribution in [0.2, 0.25) is 0 Å².